The summed E-state index contributed by atoms with van der Waals surface area (Å²) in [6.07, 6.45) is 5.07. The van der Waals surface area contributed by atoms with Crippen LogP contribution in [0.3, 0.4) is 0 Å². The Morgan fingerprint density at radius 1 is 1.54 bits per heavy atom. The van der Waals surface area contributed by atoms with Crippen molar-refractivity contribution in [3.63, 3.8) is 0 Å². The summed E-state index contributed by atoms with van der Waals surface area (Å²) in [6.45, 7) is 6.72. The van der Waals surface area contributed by atoms with Crippen molar-refractivity contribution in [1.29, 1.82) is 0 Å². The molecule has 1 heterocycles. The molecule has 3 heteroatoms. The van der Waals surface area contributed by atoms with Crippen LogP contribution in [0.2, 0.25) is 0 Å². The van der Waals surface area contributed by atoms with Crippen molar-refractivity contribution in [3.05, 3.63) is 12.4 Å². The summed E-state index contributed by atoms with van der Waals surface area (Å²) in [5, 5.41) is 3.09. The number of nitrogens with zero attached hydrogens (tertiary/aromatic N) is 2. The Hall–Kier alpha value is -0.990. The molecule has 0 radical (unpaired) electrons. The van der Waals surface area contributed by atoms with E-state index in [-0.39, 0.29) is 0 Å². The molecule has 0 bridgehead atoms. The Balaban J connectivity index is 2.81. The maximum absolute atomic E-state index is 4.22. The largest absolute Gasteiger partial charge is 0.359 e. The maximum Gasteiger partial charge on any atom is 0.202 e. The number of anilines is 1. The summed E-state index contributed by atoms with van der Waals surface area (Å²) in [7, 11) is 1.90. The fourth-order valence-corrected chi connectivity index (χ4v) is 1.45. The van der Waals surface area contributed by atoms with Gasteiger partial charge < -0.3 is 9.88 Å². The van der Waals surface area contributed by atoms with Crippen LogP contribution in [0.25, 0.3) is 0 Å². The molecule has 13 heavy (non-hydrogen) atoms. The van der Waals surface area contributed by atoms with Crippen LogP contribution in [-0.4, -0.2) is 16.6 Å². The van der Waals surface area contributed by atoms with Gasteiger partial charge in [-0.2, -0.15) is 0 Å². The predicted molar refractivity (Wildman–Crippen MR) is 55.9 cm³/mol. The molecule has 1 aromatic rings. The van der Waals surface area contributed by atoms with Gasteiger partial charge in [-0.1, -0.05) is 20.3 Å². The van der Waals surface area contributed by atoms with Crippen LogP contribution in [0.4, 0.5) is 5.95 Å². The molecule has 0 amide bonds. The van der Waals surface area contributed by atoms with Gasteiger partial charge in [-0.25, -0.2) is 4.98 Å². The van der Waals surface area contributed by atoms with Gasteiger partial charge in [0.2, 0.25) is 5.95 Å². The fourth-order valence-electron chi connectivity index (χ4n) is 1.45. The monoisotopic (exact) mass is 181 g/mol. The molecule has 0 spiro atoms. The zero-order valence-corrected chi connectivity index (χ0v) is 8.91. The van der Waals surface area contributed by atoms with Gasteiger partial charge in [-0.3, -0.25) is 0 Å². The summed E-state index contributed by atoms with van der Waals surface area (Å²) in [6, 6.07) is 0.509. The van der Waals surface area contributed by atoms with Crippen LogP contribution in [0, 0.1) is 5.92 Å². The highest BCUT2D eigenvalue weighted by molar-refractivity contribution is 5.25. The van der Waals surface area contributed by atoms with Crippen molar-refractivity contribution in [2.75, 3.05) is 12.4 Å². The molecule has 1 aromatic heterocycles. The summed E-state index contributed by atoms with van der Waals surface area (Å²) >= 11 is 0. The second kappa shape index (κ2) is 4.30. The summed E-state index contributed by atoms with van der Waals surface area (Å²) in [5.74, 6) is 1.63. The van der Waals surface area contributed by atoms with Crippen molar-refractivity contribution in [2.24, 2.45) is 5.92 Å². The molecule has 1 N–H and O–H groups in total. The van der Waals surface area contributed by atoms with Gasteiger partial charge in [0, 0.05) is 25.5 Å². The van der Waals surface area contributed by atoms with Crippen LogP contribution in [0.1, 0.15) is 33.2 Å². The van der Waals surface area contributed by atoms with E-state index in [1.165, 1.54) is 6.42 Å². The first-order valence-electron chi connectivity index (χ1n) is 4.91. The van der Waals surface area contributed by atoms with E-state index in [1.54, 1.807) is 0 Å². The van der Waals surface area contributed by atoms with Crippen LogP contribution in [0.5, 0.6) is 0 Å². The van der Waals surface area contributed by atoms with Crippen molar-refractivity contribution >= 4 is 5.95 Å². The predicted octanol–water partition coefficient (Wildman–Crippen LogP) is 2.53. The average molecular weight is 181 g/mol. The summed E-state index contributed by atoms with van der Waals surface area (Å²) in [4.78, 5) is 4.22. The fraction of sp³-hybridized carbons (Fsp3) is 0.700. The van der Waals surface area contributed by atoms with E-state index in [4.69, 9.17) is 0 Å². The smallest absolute Gasteiger partial charge is 0.202 e. The highest BCUT2D eigenvalue weighted by Crippen LogP contribution is 2.23. The van der Waals surface area contributed by atoms with Crippen LogP contribution < -0.4 is 5.32 Å². The van der Waals surface area contributed by atoms with Crippen LogP contribution in [0.15, 0.2) is 12.4 Å². The minimum atomic E-state index is 0.509. The topological polar surface area (TPSA) is 29.9 Å². The van der Waals surface area contributed by atoms with Gasteiger partial charge >= 0.3 is 0 Å². The molecule has 3 nitrogen and oxygen atoms in total. The minimum Gasteiger partial charge on any atom is -0.359 e. The lowest BCUT2D eigenvalue weighted by atomic mass is 10.0. The van der Waals surface area contributed by atoms with E-state index < -0.39 is 0 Å². The Kier molecular flexibility index (Phi) is 3.34. The zero-order chi connectivity index (χ0) is 9.84. The number of aromatic nitrogens is 2. The van der Waals surface area contributed by atoms with Crippen molar-refractivity contribution in [3.8, 4) is 0 Å². The number of hydrogen-bond donors (Lipinski definition) is 1. The number of rotatable bonds is 4. The molecule has 2 atom stereocenters. The molecule has 1 rings (SSSR count). The van der Waals surface area contributed by atoms with E-state index in [2.05, 4.69) is 35.6 Å². The van der Waals surface area contributed by atoms with Gasteiger partial charge in [-0.15, -0.1) is 0 Å². The Bertz CT molecular complexity index is 254. The first-order valence-corrected chi connectivity index (χ1v) is 4.91. The molecule has 0 aliphatic rings. The highest BCUT2D eigenvalue weighted by atomic mass is 15.2. The first kappa shape index (κ1) is 10.1. The second-order valence-corrected chi connectivity index (χ2v) is 3.53. The third-order valence-corrected chi connectivity index (χ3v) is 2.80. The lowest BCUT2D eigenvalue weighted by molar-refractivity contribution is 0.373. The van der Waals surface area contributed by atoms with E-state index in [0.717, 1.165) is 5.95 Å². The lowest BCUT2D eigenvalue weighted by Gasteiger charge is -2.21. The van der Waals surface area contributed by atoms with E-state index in [9.17, 15) is 0 Å². The molecule has 0 saturated heterocycles. The van der Waals surface area contributed by atoms with Crippen LogP contribution in [-0.2, 0) is 0 Å². The molecular weight excluding hydrogens is 162 g/mol. The van der Waals surface area contributed by atoms with E-state index >= 15 is 0 Å². The van der Waals surface area contributed by atoms with Gasteiger partial charge in [0.25, 0.3) is 0 Å². The Morgan fingerprint density at radius 2 is 2.23 bits per heavy atom. The average Bonchev–Trinajstić information content (AvgIpc) is 2.62. The number of hydrogen-bond acceptors (Lipinski definition) is 2. The molecule has 2 unspecified atom stereocenters. The molecule has 0 saturated carbocycles. The van der Waals surface area contributed by atoms with Crippen molar-refractivity contribution < 1.29 is 0 Å². The third-order valence-electron chi connectivity index (χ3n) is 2.80. The summed E-state index contributed by atoms with van der Waals surface area (Å²) in [5.41, 5.74) is 0. The van der Waals surface area contributed by atoms with Crippen LogP contribution >= 0.6 is 0 Å². The molecule has 74 valence electrons. The number of nitrogens with one attached hydrogen (secondary N) is 1. The molecule has 0 fully saturated rings. The number of imidazole rings is 1. The normalized spacial score (nSPS) is 15.4. The second-order valence-electron chi connectivity index (χ2n) is 3.53. The zero-order valence-electron chi connectivity index (χ0n) is 8.91. The summed E-state index contributed by atoms with van der Waals surface area (Å²) < 4.78 is 2.19. The first-order chi connectivity index (χ1) is 6.20. The molecule has 0 aromatic carbocycles. The van der Waals surface area contributed by atoms with Gasteiger partial charge in [0.1, 0.15) is 0 Å². The van der Waals surface area contributed by atoms with E-state index in [0.29, 0.717) is 12.0 Å². The maximum atomic E-state index is 4.22. The lowest BCUT2D eigenvalue weighted by Crippen LogP contribution is -2.14. The van der Waals surface area contributed by atoms with Gasteiger partial charge in [0.05, 0.1) is 0 Å². The Labute approximate surface area is 80.2 Å². The van der Waals surface area contributed by atoms with Crippen molar-refractivity contribution in [2.45, 2.75) is 33.2 Å². The third kappa shape index (κ3) is 2.02. The standard InChI is InChI=1S/C10H19N3/c1-5-8(2)9(3)13-7-6-12-10(13)11-4/h6-9H,5H2,1-4H3,(H,11,12). The van der Waals surface area contributed by atoms with Gasteiger partial charge in [0.15, 0.2) is 0 Å². The van der Waals surface area contributed by atoms with Gasteiger partial charge in [-0.05, 0) is 12.8 Å². The van der Waals surface area contributed by atoms with Crippen molar-refractivity contribution in [1.82, 2.24) is 9.55 Å². The molecular formula is C10H19N3. The Morgan fingerprint density at radius 3 is 2.77 bits per heavy atom. The quantitative estimate of drug-likeness (QED) is 0.773. The van der Waals surface area contributed by atoms with E-state index in [1.807, 2.05) is 19.4 Å². The molecule has 0 aliphatic heterocycles. The molecule has 0 aliphatic carbocycles. The highest BCUT2D eigenvalue weighted by Gasteiger charge is 2.14. The minimum absolute atomic E-state index is 0.509. The SMILES string of the molecule is CCC(C)C(C)n1ccnc1NC.